The number of hydrogen-bond donors (Lipinski definition) is 1. The number of sulfonamides is 1. The predicted molar refractivity (Wildman–Crippen MR) is 108 cm³/mol. The van der Waals surface area contributed by atoms with E-state index in [1.54, 1.807) is 0 Å². The largest absolute Gasteiger partial charge is 0.349 e. The Morgan fingerprint density at radius 2 is 1.69 bits per heavy atom. The first-order chi connectivity index (χ1) is 13.9. The summed E-state index contributed by atoms with van der Waals surface area (Å²) in [7, 11) is -3.66. The van der Waals surface area contributed by atoms with E-state index in [2.05, 4.69) is 17.4 Å². The number of hydrogen-bond acceptors (Lipinski definition) is 3. The average Bonchev–Trinajstić information content (AvgIpc) is 2.74. The minimum absolute atomic E-state index is 0.00512. The van der Waals surface area contributed by atoms with E-state index in [1.807, 2.05) is 12.1 Å². The summed E-state index contributed by atoms with van der Waals surface area (Å²) in [5, 5.41) is 3.19. The van der Waals surface area contributed by atoms with Gasteiger partial charge in [0.1, 0.15) is 5.82 Å². The maximum Gasteiger partial charge on any atom is 0.243 e. The monoisotopic (exact) mass is 416 g/mol. The van der Waals surface area contributed by atoms with Crippen LogP contribution in [-0.2, 0) is 21.2 Å². The average molecular weight is 417 g/mol. The van der Waals surface area contributed by atoms with E-state index in [4.69, 9.17) is 0 Å². The Bertz CT molecular complexity index is 983. The molecule has 2 aliphatic rings. The zero-order valence-electron chi connectivity index (χ0n) is 16.2. The molecule has 0 saturated carbocycles. The van der Waals surface area contributed by atoms with Crippen LogP contribution in [0.5, 0.6) is 0 Å². The molecule has 1 fully saturated rings. The smallest absolute Gasteiger partial charge is 0.243 e. The fourth-order valence-electron chi connectivity index (χ4n) is 4.31. The third-order valence-electron chi connectivity index (χ3n) is 5.96. The molecule has 1 aliphatic heterocycles. The molecule has 1 aliphatic carbocycles. The Morgan fingerprint density at radius 3 is 2.41 bits per heavy atom. The van der Waals surface area contributed by atoms with E-state index in [1.165, 1.54) is 27.6 Å². The zero-order valence-corrected chi connectivity index (χ0v) is 17.0. The quantitative estimate of drug-likeness (QED) is 0.831. The van der Waals surface area contributed by atoms with Crippen LogP contribution in [0.4, 0.5) is 4.39 Å². The van der Waals surface area contributed by atoms with Gasteiger partial charge in [-0.25, -0.2) is 12.8 Å². The summed E-state index contributed by atoms with van der Waals surface area (Å²) < 4.78 is 39.9. The van der Waals surface area contributed by atoms with Gasteiger partial charge in [-0.2, -0.15) is 4.31 Å². The summed E-state index contributed by atoms with van der Waals surface area (Å²) in [6.07, 6.45) is 4.00. The number of fused-ring (bicyclic) bond motifs is 1. The van der Waals surface area contributed by atoms with Crippen molar-refractivity contribution in [2.24, 2.45) is 5.92 Å². The summed E-state index contributed by atoms with van der Waals surface area (Å²) in [5.74, 6) is -0.655. The fourth-order valence-corrected chi connectivity index (χ4v) is 5.78. The van der Waals surface area contributed by atoms with E-state index < -0.39 is 15.8 Å². The van der Waals surface area contributed by atoms with Crippen molar-refractivity contribution < 1.29 is 17.6 Å². The summed E-state index contributed by atoms with van der Waals surface area (Å²) >= 11 is 0. The van der Waals surface area contributed by atoms with Crippen molar-refractivity contribution in [3.63, 3.8) is 0 Å². The van der Waals surface area contributed by atoms with Gasteiger partial charge in [-0.3, -0.25) is 4.79 Å². The molecular formula is C22H25FN2O3S. The number of rotatable bonds is 4. The normalized spacial score (nSPS) is 20.8. The topological polar surface area (TPSA) is 66.5 Å². The van der Waals surface area contributed by atoms with Crippen LogP contribution in [0.3, 0.4) is 0 Å². The van der Waals surface area contributed by atoms with Crippen LogP contribution < -0.4 is 5.32 Å². The molecule has 0 aromatic heterocycles. The van der Waals surface area contributed by atoms with Crippen molar-refractivity contribution in [1.29, 1.82) is 0 Å². The van der Waals surface area contributed by atoms with E-state index in [0.717, 1.165) is 31.4 Å². The highest BCUT2D eigenvalue weighted by molar-refractivity contribution is 7.89. The third kappa shape index (κ3) is 4.21. The van der Waals surface area contributed by atoms with Gasteiger partial charge in [-0.15, -0.1) is 0 Å². The van der Waals surface area contributed by atoms with Gasteiger partial charge in [0.2, 0.25) is 15.9 Å². The molecule has 4 rings (SSSR count). The fraction of sp³-hybridized carbons (Fsp3) is 0.409. The highest BCUT2D eigenvalue weighted by Gasteiger charge is 2.33. The summed E-state index contributed by atoms with van der Waals surface area (Å²) in [6, 6.07) is 13.1. The highest BCUT2D eigenvalue weighted by Crippen LogP contribution is 2.31. The molecule has 2 aromatic carbocycles. The van der Waals surface area contributed by atoms with Crippen molar-refractivity contribution in [1.82, 2.24) is 9.62 Å². The van der Waals surface area contributed by atoms with Crippen LogP contribution >= 0.6 is 0 Å². The van der Waals surface area contributed by atoms with Crippen LogP contribution in [0.2, 0.25) is 0 Å². The Balaban J connectivity index is 1.37. The molecular weight excluding hydrogens is 391 g/mol. The third-order valence-corrected chi connectivity index (χ3v) is 7.87. The van der Waals surface area contributed by atoms with Crippen LogP contribution in [-0.4, -0.2) is 31.7 Å². The zero-order chi connectivity index (χ0) is 20.4. The number of amides is 1. The SMILES string of the molecule is O=C(N[C@H]1CCCc2ccccc21)C1CCN(S(=O)(=O)c2ccc(F)cc2)CC1. The molecule has 2 aromatic rings. The lowest BCUT2D eigenvalue weighted by Gasteiger charge is -2.32. The molecule has 1 N–H and O–H groups in total. The molecule has 1 saturated heterocycles. The molecule has 1 atom stereocenters. The number of nitrogens with one attached hydrogen (secondary N) is 1. The number of benzene rings is 2. The van der Waals surface area contributed by atoms with E-state index in [9.17, 15) is 17.6 Å². The van der Waals surface area contributed by atoms with Gasteiger partial charge in [-0.05, 0) is 67.5 Å². The Morgan fingerprint density at radius 1 is 1.00 bits per heavy atom. The number of carbonyl (C=O) groups excluding carboxylic acids is 1. The van der Waals surface area contributed by atoms with Crippen LogP contribution in [0, 0.1) is 11.7 Å². The maximum absolute atomic E-state index is 13.1. The molecule has 1 heterocycles. The predicted octanol–water partition coefficient (Wildman–Crippen LogP) is 3.42. The first-order valence-corrected chi connectivity index (χ1v) is 11.5. The van der Waals surface area contributed by atoms with Crippen molar-refractivity contribution in [2.45, 2.75) is 43.0 Å². The van der Waals surface area contributed by atoms with Gasteiger partial charge in [0, 0.05) is 19.0 Å². The number of carbonyl (C=O) groups is 1. The minimum atomic E-state index is -3.66. The van der Waals surface area contributed by atoms with Crippen molar-refractivity contribution in [3.05, 3.63) is 65.5 Å². The standard InChI is InChI=1S/C22H25FN2O3S/c23-18-8-10-19(11-9-18)29(27,28)25-14-12-17(13-15-25)22(26)24-21-7-3-5-16-4-1-2-6-20(16)21/h1-2,4,6,8-11,17,21H,3,5,7,12-15H2,(H,24,26)/t21-/m0/s1. The highest BCUT2D eigenvalue weighted by atomic mass is 32.2. The minimum Gasteiger partial charge on any atom is -0.349 e. The molecule has 5 nitrogen and oxygen atoms in total. The van der Waals surface area contributed by atoms with E-state index in [0.29, 0.717) is 25.9 Å². The molecule has 0 unspecified atom stereocenters. The number of halogens is 1. The van der Waals surface area contributed by atoms with Crippen molar-refractivity contribution in [2.75, 3.05) is 13.1 Å². The Hall–Kier alpha value is -2.25. The second-order valence-electron chi connectivity index (χ2n) is 7.78. The summed E-state index contributed by atoms with van der Waals surface area (Å²) in [5.41, 5.74) is 2.49. The van der Waals surface area contributed by atoms with E-state index in [-0.39, 0.29) is 22.8 Å². The van der Waals surface area contributed by atoms with Crippen molar-refractivity contribution in [3.8, 4) is 0 Å². The first-order valence-electron chi connectivity index (χ1n) is 10.1. The number of piperidine rings is 1. The second-order valence-corrected chi connectivity index (χ2v) is 9.72. The molecule has 0 bridgehead atoms. The molecule has 29 heavy (non-hydrogen) atoms. The van der Waals surface area contributed by atoms with Gasteiger partial charge >= 0.3 is 0 Å². The molecule has 0 radical (unpaired) electrons. The lowest BCUT2D eigenvalue weighted by Crippen LogP contribution is -2.44. The summed E-state index contributed by atoms with van der Waals surface area (Å²) in [4.78, 5) is 12.9. The Labute approximate surface area is 171 Å². The molecule has 7 heteroatoms. The lowest BCUT2D eigenvalue weighted by atomic mass is 9.87. The lowest BCUT2D eigenvalue weighted by molar-refractivity contribution is -0.127. The summed E-state index contributed by atoms with van der Waals surface area (Å²) in [6.45, 7) is 0.581. The van der Waals surface area contributed by atoms with Gasteiger partial charge in [0.15, 0.2) is 0 Å². The molecule has 0 spiro atoms. The van der Waals surface area contributed by atoms with Crippen LogP contribution in [0.1, 0.15) is 42.9 Å². The van der Waals surface area contributed by atoms with E-state index >= 15 is 0 Å². The number of aryl methyl sites for hydroxylation is 1. The van der Waals surface area contributed by atoms with Crippen molar-refractivity contribution >= 4 is 15.9 Å². The van der Waals surface area contributed by atoms with Gasteiger partial charge in [-0.1, -0.05) is 24.3 Å². The van der Waals surface area contributed by atoms with Gasteiger partial charge in [0.25, 0.3) is 0 Å². The van der Waals surface area contributed by atoms with Gasteiger partial charge in [0.05, 0.1) is 10.9 Å². The van der Waals surface area contributed by atoms with Crippen LogP contribution in [0.15, 0.2) is 53.4 Å². The Kier molecular flexibility index (Phi) is 5.69. The van der Waals surface area contributed by atoms with Gasteiger partial charge < -0.3 is 5.32 Å². The first kappa shape index (κ1) is 20.0. The second kappa shape index (κ2) is 8.24. The molecule has 1 amide bonds. The number of nitrogens with zero attached hydrogens (tertiary/aromatic N) is 1. The van der Waals surface area contributed by atoms with Crippen LogP contribution in [0.25, 0.3) is 0 Å². The maximum atomic E-state index is 13.1. The molecule has 154 valence electrons.